The SMILES string of the molecule is CCCCCNC(=O)C1N(CCCCCO)C(=O)[C@@H]2[C@H](C(=O)NCCC)[C@@H]3CCC12O3. The van der Waals surface area contributed by atoms with Crippen LogP contribution in [-0.4, -0.2) is 71.7 Å². The van der Waals surface area contributed by atoms with Gasteiger partial charge in [-0.3, -0.25) is 14.4 Å². The van der Waals surface area contributed by atoms with Gasteiger partial charge in [-0.25, -0.2) is 0 Å². The summed E-state index contributed by atoms with van der Waals surface area (Å²) >= 11 is 0. The number of nitrogens with one attached hydrogen (secondary N) is 2. The summed E-state index contributed by atoms with van der Waals surface area (Å²) < 4.78 is 6.36. The Balaban J connectivity index is 1.81. The van der Waals surface area contributed by atoms with Gasteiger partial charge < -0.3 is 25.4 Å². The van der Waals surface area contributed by atoms with Crippen LogP contribution >= 0.6 is 0 Å². The third-order valence-electron chi connectivity index (χ3n) is 7.04. The molecule has 0 aromatic heterocycles. The Morgan fingerprint density at radius 2 is 1.84 bits per heavy atom. The molecule has 8 heteroatoms. The van der Waals surface area contributed by atoms with Crippen molar-refractivity contribution in [2.75, 3.05) is 26.2 Å². The number of fused-ring (bicyclic) bond motifs is 1. The maximum atomic E-state index is 13.6. The number of nitrogens with zero attached hydrogens (tertiary/aromatic N) is 1. The largest absolute Gasteiger partial charge is 0.396 e. The number of aliphatic hydroxyl groups excluding tert-OH is 1. The second-order valence-corrected chi connectivity index (χ2v) is 9.16. The molecule has 0 aliphatic carbocycles. The van der Waals surface area contributed by atoms with Crippen LogP contribution in [0.3, 0.4) is 0 Å². The van der Waals surface area contributed by atoms with E-state index >= 15 is 0 Å². The fourth-order valence-corrected chi connectivity index (χ4v) is 5.61. The Hall–Kier alpha value is -1.67. The van der Waals surface area contributed by atoms with Gasteiger partial charge in [-0.2, -0.15) is 0 Å². The second kappa shape index (κ2) is 10.8. The van der Waals surface area contributed by atoms with Gasteiger partial charge >= 0.3 is 0 Å². The predicted octanol–water partition coefficient (Wildman–Crippen LogP) is 1.36. The first-order valence-corrected chi connectivity index (χ1v) is 12.2. The number of carbonyl (C=O) groups is 3. The normalized spacial score (nSPS) is 31.2. The van der Waals surface area contributed by atoms with Crippen molar-refractivity contribution in [3.8, 4) is 0 Å². The van der Waals surface area contributed by atoms with Crippen LogP contribution in [0.15, 0.2) is 0 Å². The van der Waals surface area contributed by atoms with Gasteiger partial charge in [0.25, 0.3) is 0 Å². The highest BCUT2D eigenvalue weighted by Gasteiger charge is 2.74. The van der Waals surface area contributed by atoms with E-state index in [-0.39, 0.29) is 30.4 Å². The molecular weight excluding hydrogens is 398 g/mol. The van der Waals surface area contributed by atoms with E-state index in [1.54, 1.807) is 4.90 Å². The molecule has 31 heavy (non-hydrogen) atoms. The van der Waals surface area contributed by atoms with Gasteiger partial charge in [-0.1, -0.05) is 26.7 Å². The lowest BCUT2D eigenvalue weighted by Gasteiger charge is -2.33. The standard InChI is InChI=1S/C23H39N3O5/c1-3-5-7-13-25-21(29)19-23-11-10-16(31-23)17(20(28)24-12-4-2)18(23)22(30)26(19)14-8-6-9-15-27/h16-19,27H,3-15H2,1-2H3,(H,24,28)(H,25,29)/t16-,17+,18-,19?,23?/m0/s1. The van der Waals surface area contributed by atoms with Crippen molar-refractivity contribution in [1.82, 2.24) is 15.5 Å². The average Bonchev–Trinajstić information content (AvgIpc) is 3.40. The van der Waals surface area contributed by atoms with Crippen LogP contribution in [0.2, 0.25) is 0 Å². The van der Waals surface area contributed by atoms with Crippen molar-refractivity contribution in [3.05, 3.63) is 0 Å². The highest BCUT2D eigenvalue weighted by Crippen LogP contribution is 2.58. The minimum atomic E-state index is -0.901. The highest BCUT2D eigenvalue weighted by atomic mass is 16.5. The summed E-state index contributed by atoms with van der Waals surface area (Å²) in [5.41, 5.74) is -0.901. The maximum absolute atomic E-state index is 13.6. The molecule has 3 aliphatic rings. The smallest absolute Gasteiger partial charge is 0.245 e. The Kier molecular flexibility index (Phi) is 8.33. The summed E-state index contributed by atoms with van der Waals surface area (Å²) in [6.45, 7) is 5.83. The number of amides is 3. The van der Waals surface area contributed by atoms with Gasteiger partial charge in [0.15, 0.2) is 0 Å². The molecule has 5 atom stereocenters. The number of ether oxygens (including phenoxy) is 1. The average molecular weight is 438 g/mol. The molecule has 3 rings (SSSR count). The lowest BCUT2D eigenvalue weighted by atomic mass is 9.70. The number of hydrogen-bond acceptors (Lipinski definition) is 5. The van der Waals surface area contributed by atoms with E-state index in [2.05, 4.69) is 17.6 Å². The first-order chi connectivity index (χ1) is 15.0. The number of rotatable bonds is 13. The molecule has 3 saturated heterocycles. The van der Waals surface area contributed by atoms with Crippen LogP contribution in [0.5, 0.6) is 0 Å². The van der Waals surface area contributed by atoms with E-state index in [4.69, 9.17) is 9.84 Å². The number of aliphatic hydroxyl groups is 1. The van der Waals surface area contributed by atoms with Crippen molar-refractivity contribution < 1.29 is 24.2 Å². The third kappa shape index (κ3) is 4.60. The minimum absolute atomic E-state index is 0.117. The van der Waals surface area contributed by atoms with E-state index in [1.807, 2.05) is 6.92 Å². The van der Waals surface area contributed by atoms with E-state index < -0.39 is 23.5 Å². The zero-order chi connectivity index (χ0) is 22.4. The summed E-state index contributed by atoms with van der Waals surface area (Å²) in [4.78, 5) is 41.4. The van der Waals surface area contributed by atoms with Crippen molar-refractivity contribution in [3.63, 3.8) is 0 Å². The number of carbonyl (C=O) groups excluding carboxylic acids is 3. The van der Waals surface area contributed by atoms with E-state index in [9.17, 15) is 14.4 Å². The monoisotopic (exact) mass is 437 g/mol. The number of likely N-dealkylation sites (tertiary alicyclic amines) is 1. The Morgan fingerprint density at radius 1 is 1.06 bits per heavy atom. The molecular formula is C23H39N3O5. The molecule has 0 radical (unpaired) electrons. The number of unbranched alkanes of at least 4 members (excludes halogenated alkanes) is 4. The van der Waals surface area contributed by atoms with Crippen molar-refractivity contribution in [1.29, 1.82) is 0 Å². The fraction of sp³-hybridized carbons (Fsp3) is 0.870. The van der Waals surface area contributed by atoms with Gasteiger partial charge in [0.2, 0.25) is 17.7 Å². The molecule has 8 nitrogen and oxygen atoms in total. The molecule has 3 heterocycles. The first kappa shape index (κ1) is 24.0. The highest BCUT2D eigenvalue weighted by molar-refractivity contribution is 5.98. The van der Waals surface area contributed by atoms with Crippen molar-refractivity contribution in [2.24, 2.45) is 11.8 Å². The lowest BCUT2D eigenvalue weighted by Crippen LogP contribution is -2.55. The molecule has 0 aromatic carbocycles. The van der Waals surface area contributed by atoms with E-state index in [0.29, 0.717) is 45.3 Å². The summed E-state index contributed by atoms with van der Waals surface area (Å²) in [6.07, 6.45) is 7.05. The lowest BCUT2D eigenvalue weighted by molar-refractivity contribution is -0.142. The quantitative estimate of drug-likeness (QED) is 0.377. The molecule has 1 spiro atoms. The van der Waals surface area contributed by atoms with Crippen LogP contribution in [0.1, 0.15) is 71.6 Å². The Morgan fingerprint density at radius 3 is 2.55 bits per heavy atom. The molecule has 3 amide bonds. The van der Waals surface area contributed by atoms with Gasteiger partial charge in [-0.15, -0.1) is 0 Å². The summed E-state index contributed by atoms with van der Waals surface area (Å²) in [6, 6.07) is -0.685. The van der Waals surface area contributed by atoms with Crippen LogP contribution in [0, 0.1) is 11.8 Å². The zero-order valence-electron chi connectivity index (χ0n) is 19.0. The van der Waals surface area contributed by atoms with Crippen molar-refractivity contribution in [2.45, 2.75) is 89.4 Å². The molecule has 176 valence electrons. The second-order valence-electron chi connectivity index (χ2n) is 9.16. The summed E-state index contributed by atoms with van der Waals surface area (Å²) in [5.74, 6) is -1.53. The summed E-state index contributed by atoms with van der Waals surface area (Å²) in [5, 5.41) is 15.0. The molecule has 0 aromatic rings. The van der Waals surface area contributed by atoms with Gasteiger partial charge in [0.05, 0.1) is 17.9 Å². The first-order valence-electron chi connectivity index (χ1n) is 12.2. The minimum Gasteiger partial charge on any atom is -0.396 e. The molecule has 2 bridgehead atoms. The topological polar surface area (TPSA) is 108 Å². The third-order valence-corrected chi connectivity index (χ3v) is 7.04. The number of hydrogen-bond donors (Lipinski definition) is 3. The molecule has 3 aliphatic heterocycles. The Bertz CT molecular complexity index is 657. The molecule has 2 unspecified atom stereocenters. The van der Waals surface area contributed by atoms with Crippen molar-refractivity contribution >= 4 is 17.7 Å². The Labute approximate surface area is 185 Å². The fourth-order valence-electron chi connectivity index (χ4n) is 5.61. The molecule has 3 fully saturated rings. The summed E-state index contributed by atoms with van der Waals surface area (Å²) in [7, 11) is 0. The van der Waals surface area contributed by atoms with E-state index in [0.717, 1.165) is 32.1 Å². The molecule has 3 N–H and O–H groups in total. The maximum Gasteiger partial charge on any atom is 0.245 e. The predicted molar refractivity (Wildman–Crippen MR) is 116 cm³/mol. The van der Waals surface area contributed by atoms with Crippen LogP contribution in [0.25, 0.3) is 0 Å². The van der Waals surface area contributed by atoms with E-state index in [1.165, 1.54) is 0 Å². The zero-order valence-corrected chi connectivity index (χ0v) is 19.0. The van der Waals surface area contributed by atoms with Gasteiger partial charge in [-0.05, 0) is 44.9 Å². The van der Waals surface area contributed by atoms with Crippen LogP contribution in [0.4, 0.5) is 0 Å². The van der Waals surface area contributed by atoms with Crippen LogP contribution in [-0.2, 0) is 19.1 Å². The van der Waals surface area contributed by atoms with Gasteiger partial charge in [0.1, 0.15) is 11.6 Å². The van der Waals surface area contributed by atoms with Crippen LogP contribution < -0.4 is 10.6 Å². The van der Waals surface area contributed by atoms with Gasteiger partial charge in [0, 0.05) is 26.2 Å². The molecule has 0 saturated carbocycles.